The van der Waals surface area contributed by atoms with Gasteiger partial charge in [-0.05, 0) is 38.8 Å². The summed E-state index contributed by atoms with van der Waals surface area (Å²) in [6.45, 7) is 4.99. The van der Waals surface area contributed by atoms with E-state index in [0.717, 1.165) is 43.4 Å². The minimum atomic E-state index is -0.130. The van der Waals surface area contributed by atoms with E-state index < -0.39 is 0 Å². The monoisotopic (exact) mass is 247 g/mol. The van der Waals surface area contributed by atoms with E-state index in [1.54, 1.807) is 12.1 Å². The topological polar surface area (TPSA) is 12.0 Å². The van der Waals surface area contributed by atoms with Crippen LogP contribution < -0.4 is 5.32 Å². The van der Waals surface area contributed by atoms with E-state index in [2.05, 4.69) is 18.2 Å². The first-order valence-electron chi connectivity index (χ1n) is 6.62. The predicted molar refractivity (Wildman–Crippen MR) is 74.9 cm³/mol. The number of hydrogen-bond acceptors (Lipinski definition) is 1. The van der Waals surface area contributed by atoms with Crippen molar-refractivity contribution in [2.24, 2.45) is 0 Å². The number of halogens is 1. The van der Waals surface area contributed by atoms with Crippen molar-refractivity contribution < 1.29 is 4.39 Å². The second-order valence-corrected chi connectivity index (χ2v) is 4.63. The molecule has 98 valence electrons. The molecule has 0 fully saturated rings. The van der Waals surface area contributed by atoms with E-state index in [0.29, 0.717) is 0 Å². The number of hydrogen-bond donors (Lipinski definition) is 1. The number of nitrogens with one attached hydrogen (secondary N) is 1. The molecular formula is C16H22FN. The van der Waals surface area contributed by atoms with Crippen molar-refractivity contribution in [2.45, 2.75) is 45.6 Å². The smallest absolute Gasteiger partial charge is 0.127 e. The van der Waals surface area contributed by atoms with Gasteiger partial charge < -0.3 is 5.32 Å². The summed E-state index contributed by atoms with van der Waals surface area (Å²) < 4.78 is 13.9. The van der Waals surface area contributed by atoms with Crippen LogP contribution in [0.3, 0.4) is 0 Å². The van der Waals surface area contributed by atoms with Gasteiger partial charge in [0, 0.05) is 18.0 Å². The molecule has 0 heterocycles. The number of terminal acetylenes is 1. The van der Waals surface area contributed by atoms with Crippen LogP contribution in [0.15, 0.2) is 18.2 Å². The van der Waals surface area contributed by atoms with Crippen LogP contribution in [0.2, 0.25) is 0 Å². The van der Waals surface area contributed by atoms with Gasteiger partial charge in [0.15, 0.2) is 0 Å². The van der Waals surface area contributed by atoms with Gasteiger partial charge in [0.25, 0.3) is 0 Å². The Morgan fingerprint density at radius 3 is 2.89 bits per heavy atom. The first kappa shape index (κ1) is 14.7. The van der Waals surface area contributed by atoms with Gasteiger partial charge in [-0.1, -0.05) is 24.6 Å². The maximum Gasteiger partial charge on any atom is 0.127 e. The van der Waals surface area contributed by atoms with Gasteiger partial charge in [0.1, 0.15) is 5.82 Å². The zero-order valence-electron chi connectivity index (χ0n) is 11.3. The van der Waals surface area contributed by atoms with E-state index in [9.17, 15) is 4.39 Å². The summed E-state index contributed by atoms with van der Waals surface area (Å²) in [6, 6.07) is 5.35. The van der Waals surface area contributed by atoms with Crippen LogP contribution >= 0.6 is 0 Å². The minimum Gasteiger partial charge on any atom is -0.310 e. The Labute approximate surface area is 110 Å². The first-order valence-corrected chi connectivity index (χ1v) is 6.62. The molecule has 1 aromatic carbocycles. The molecule has 1 atom stereocenters. The van der Waals surface area contributed by atoms with Crippen molar-refractivity contribution in [3.63, 3.8) is 0 Å². The lowest BCUT2D eigenvalue weighted by Gasteiger charge is -2.19. The maximum atomic E-state index is 13.9. The molecule has 2 heteroatoms. The molecule has 0 aliphatic rings. The van der Waals surface area contributed by atoms with Crippen LogP contribution in [-0.2, 0) is 0 Å². The largest absolute Gasteiger partial charge is 0.310 e. The molecule has 1 rings (SSSR count). The summed E-state index contributed by atoms with van der Waals surface area (Å²) in [6.07, 6.45) is 8.85. The Kier molecular flexibility index (Phi) is 6.46. The fraction of sp³-hybridized carbons (Fsp3) is 0.500. The van der Waals surface area contributed by atoms with E-state index in [4.69, 9.17) is 6.42 Å². The predicted octanol–water partition coefficient (Wildman–Crippen LogP) is 3.98. The molecule has 1 N–H and O–H groups in total. The number of benzene rings is 1. The average Bonchev–Trinajstić information content (AvgIpc) is 2.37. The van der Waals surface area contributed by atoms with Crippen LogP contribution in [-0.4, -0.2) is 6.54 Å². The second-order valence-electron chi connectivity index (χ2n) is 4.63. The van der Waals surface area contributed by atoms with Gasteiger partial charge in [-0.15, -0.1) is 12.3 Å². The quantitative estimate of drug-likeness (QED) is 0.567. The van der Waals surface area contributed by atoms with Gasteiger partial charge in [-0.2, -0.15) is 0 Å². The highest BCUT2D eigenvalue weighted by atomic mass is 19.1. The van der Waals surface area contributed by atoms with Crippen molar-refractivity contribution in [3.8, 4) is 12.3 Å². The highest BCUT2D eigenvalue weighted by Gasteiger charge is 2.14. The zero-order valence-corrected chi connectivity index (χ0v) is 11.3. The van der Waals surface area contributed by atoms with Crippen molar-refractivity contribution in [1.82, 2.24) is 5.32 Å². The molecule has 0 bridgehead atoms. The second kappa shape index (κ2) is 7.89. The van der Waals surface area contributed by atoms with Crippen molar-refractivity contribution in [3.05, 3.63) is 35.1 Å². The van der Waals surface area contributed by atoms with E-state index in [1.807, 2.05) is 13.0 Å². The van der Waals surface area contributed by atoms with Gasteiger partial charge in [0.05, 0.1) is 0 Å². The molecule has 0 aromatic heterocycles. The number of rotatable bonds is 7. The molecule has 0 spiro atoms. The summed E-state index contributed by atoms with van der Waals surface area (Å²) in [5.41, 5.74) is 1.85. The fourth-order valence-corrected chi connectivity index (χ4v) is 2.02. The first-order chi connectivity index (χ1) is 8.69. The highest BCUT2D eigenvalue weighted by Crippen LogP contribution is 2.23. The summed E-state index contributed by atoms with van der Waals surface area (Å²) in [4.78, 5) is 0. The summed E-state index contributed by atoms with van der Waals surface area (Å²) >= 11 is 0. The normalized spacial score (nSPS) is 12.1. The van der Waals surface area contributed by atoms with E-state index >= 15 is 0 Å². The van der Waals surface area contributed by atoms with Crippen LogP contribution in [0.25, 0.3) is 0 Å². The molecule has 0 saturated heterocycles. The SMILES string of the molecule is C#CCCCC(NCCC)c1cc(C)ccc1F. The lowest BCUT2D eigenvalue weighted by Crippen LogP contribution is -2.23. The molecule has 0 aliphatic heterocycles. The minimum absolute atomic E-state index is 0.0678. The lowest BCUT2D eigenvalue weighted by atomic mass is 9.98. The van der Waals surface area contributed by atoms with Crippen LogP contribution in [0.1, 0.15) is 49.8 Å². The van der Waals surface area contributed by atoms with Gasteiger partial charge in [-0.3, -0.25) is 0 Å². The lowest BCUT2D eigenvalue weighted by molar-refractivity contribution is 0.464. The zero-order chi connectivity index (χ0) is 13.4. The van der Waals surface area contributed by atoms with Gasteiger partial charge >= 0.3 is 0 Å². The molecule has 1 unspecified atom stereocenters. The standard InChI is InChI=1S/C16H22FN/c1-4-6-7-8-16(18-11-5-2)14-12-13(3)9-10-15(14)17/h1,9-10,12,16,18H,5-8,11H2,2-3H3. The third kappa shape index (κ3) is 4.50. The molecule has 0 amide bonds. The summed E-state index contributed by atoms with van der Waals surface area (Å²) in [7, 11) is 0. The molecule has 0 aliphatic carbocycles. The van der Waals surface area contributed by atoms with E-state index in [-0.39, 0.29) is 11.9 Å². The van der Waals surface area contributed by atoms with Crippen molar-refractivity contribution in [1.29, 1.82) is 0 Å². The Morgan fingerprint density at radius 2 is 2.22 bits per heavy atom. The van der Waals surface area contributed by atoms with Crippen LogP contribution in [0.4, 0.5) is 4.39 Å². The van der Waals surface area contributed by atoms with E-state index in [1.165, 1.54) is 0 Å². The average molecular weight is 247 g/mol. The molecule has 1 nitrogen and oxygen atoms in total. The Hall–Kier alpha value is -1.33. The summed E-state index contributed by atoms with van der Waals surface area (Å²) in [5, 5.41) is 3.40. The van der Waals surface area contributed by atoms with Crippen LogP contribution in [0.5, 0.6) is 0 Å². The number of unbranched alkanes of at least 4 members (excludes halogenated alkanes) is 1. The molecule has 0 radical (unpaired) electrons. The third-order valence-corrected chi connectivity index (χ3v) is 2.98. The Morgan fingerprint density at radius 1 is 1.44 bits per heavy atom. The third-order valence-electron chi connectivity index (χ3n) is 2.98. The molecule has 0 saturated carbocycles. The molecule has 18 heavy (non-hydrogen) atoms. The van der Waals surface area contributed by atoms with Crippen molar-refractivity contribution >= 4 is 0 Å². The van der Waals surface area contributed by atoms with Gasteiger partial charge in [0.2, 0.25) is 0 Å². The Bertz CT molecular complexity index is 406. The molecule has 1 aromatic rings. The highest BCUT2D eigenvalue weighted by molar-refractivity contribution is 5.26. The maximum absolute atomic E-state index is 13.9. The van der Waals surface area contributed by atoms with Crippen LogP contribution in [0, 0.1) is 25.1 Å². The molecular weight excluding hydrogens is 225 g/mol. The summed E-state index contributed by atoms with van der Waals surface area (Å²) in [5.74, 6) is 2.51. The van der Waals surface area contributed by atoms with Gasteiger partial charge in [-0.25, -0.2) is 4.39 Å². The van der Waals surface area contributed by atoms with Crippen molar-refractivity contribution in [2.75, 3.05) is 6.54 Å². The number of aryl methyl sites for hydroxylation is 1. The Balaban J connectivity index is 2.79. The fourth-order valence-electron chi connectivity index (χ4n) is 2.02.